The maximum Gasteiger partial charge on any atom is 0.442 e. The smallest absolute Gasteiger partial charge is 0.410 e. The first-order chi connectivity index (χ1) is 19.0. The lowest BCUT2D eigenvalue weighted by atomic mass is 10.1. The van der Waals surface area contributed by atoms with Gasteiger partial charge in [0.15, 0.2) is 11.4 Å². The summed E-state index contributed by atoms with van der Waals surface area (Å²) in [5.74, 6) is -5.48. The third kappa shape index (κ3) is 6.35. The van der Waals surface area contributed by atoms with Crippen molar-refractivity contribution in [3.8, 4) is 28.9 Å². The number of halogens is 9. The van der Waals surface area contributed by atoms with Gasteiger partial charge in [-0.05, 0) is 36.6 Å². The number of rotatable bonds is 7. The minimum Gasteiger partial charge on any atom is -0.410 e. The van der Waals surface area contributed by atoms with Crippen molar-refractivity contribution in [2.45, 2.75) is 30.7 Å². The van der Waals surface area contributed by atoms with Gasteiger partial charge in [0.1, 0.15) is 5.54 Å². The first-order valence-electron chi connectivity index (χ1n) is 11.3. The molecule has 4 rings (SSSR count). The Morgan fingerprint density at radius 3 is 2.44 bits per heavy atom. The zero-order chi connectivity index (χ0) is 30.3. The number of benzene rings is 1. The van der Waals surface area contributed by atoms with Crippen molar-refractivity contribution >= 4 is 17.5 Å². The highest BCUT2D eigenvalue weighted by molar-refractivity contribution is 6.34. The fourth-order valence-electron chi connectivity index (χ4n) is 3.57. The second-order valence-corrected chi connectivity index (χ2v) is 9.13. The fraction of sp³-hybridized carbons (Fsp3) is 0.250. The Balaban J connectivity index is 1.68. The van der Waals surface area contributed by atoms with Gasteiger partial charge in [0.2, 0.25) is 5.83 Å². The van der Waals surface area contributed by atoms with Gasteiger partial charge < -0.3 is 10.1 Å². The SMILES string of the molecule is Cn1nc(O/C(F)=C\C=C(\F)C(F)(F)F)c(C(F)(F)F)c1-n1cc(-c2ccc(Cl)c(C(=O)NC3(C#N)CC3)c2)cn1. The summed E-state index contributed by atoms with van der Waals surface area (Å²) in [7, 11) is 1.04. The van der Waals surface area contributed by atoms with E-state index in [0.29, 0.717) is 23.1 Å². The zero-order valence-electron chi connectivity index (χ0n) is 20.4. The van der Waals surface area contributed by atoms with Crippen LogP contribution >= 0.6 is 11.6 Å². The highest BCUT2D eigenvalue weighted by Crippen LogP contribution is 2.41. The molecule has 0 aliphatic heterocycles. The maximum atomic E-state index is 14.0. The molecular weight excluding hydrogens is 592 g/mol. The number of carbonyl (C=O) groups excluding carboxylic acids is 1. The second-order valence-electron chi connectivity index (χ2n) is 8.73. The highest BCUT2D eigenvalue weighted by Gasteiger charge is 2.45. The van der Waals surface area contributed by atoms with Gasteiger partial charge in [-0.1, -0.05) is 17.7 Å². The molecule has 8 nitrogen and oxygen atoms in total. The number of aromatic nitrogens is 4. The first kappa shape index (κ1) is 29.6. The van der Waals surface area contributed by atoms with Crippen LogP contribution < -0.4 is 10.1 Å². The molecule has 1 aliphatic carbocycles. The van der Waals surface area contributed by atoms with Crippen LogP contribution in [0, 0.1) is 11.3 Å². The Hall–Kier alpha value is -4.39. The van der Waals surface area contributed by atoms with Gasteiger partial charge in [0.25, 0.3) is 17.8 Å². The average molecular weight is 607 g/mol. The van der Waals surface area contributed by atoms with E-state index in [-0.39, 0.29) is 28.3 Å². The zero-order valence-corrected chi connectivity index (χ0v) is 21.2. The molecule has 1 fully saturated rings. The number of amides is 1. The summed E-state index contributed by atoms with van der Waals surface area (Å²) in [5.41, 5.74) is -2.09. The summed E-state index contributed by atoms with van der Waals surface area (Å²) < 4.78 is 111. The summed E-state index contributed by atoms with van der Waals surface area (Å²) in [6.45, 7) is 0. The van der Waals surface area contributed by atoms with Crippen molar-refractivity contribution in [1.29, 1.82) is 5.26 Å². The lowest BCUT2D eigenvalue weighted by molar-refractivity contribution is -0.138. The highest BCUT2D eigenvalue weighted by atomic mass is 35.5. The second kappa shape index (κ2) is 10.5. The lowest BCUT2D eigenvalue weighted by Crippen LogP contribution is -2.35. The van der Waals surface area contributed by atoms with E-state index in [2.05, 4.69) is 20.3 Å². The van der Waals surface area contributed by atoms with Crippen molar-refractivity contribution in [2.24, 2.45) is 7.05 Å². The largest absolute Gasteiger partial charge is 0.442 e. The molecule has 0 atom stereocenters. The molecule has 41 heavy (non-hydrogen) atoms. The van der Waals surface area contributed by atoms with E-state index >= 15 is 0 Å². The quantitative estimate of drug-likeness (QED) is 0.192. The minimum atomic E-state index is -5.44. The summed E-state index contributed by atoms with van der Waals surface area (Å²) in [4.78, 5) is 12.7. The Bertz CT molecular complexity index is 1610. The Morgan fingerprint density at radius 2 is 1.85 bits per heavy atom. The molecule has 0 unspecified atom stereocenters. The summed E-state index contributed by atoms with van der Waals surface area (Å²) in [6.07, 6.45) is -7.95. The Morgan fingerprint density at radius 1 is 1.17 bits per heavy atom. The van der Waals surface area contributed by atoms with Gasteiger partial charge in [0, 0.05) is 24.9 Å². The number of nitrogens with zero attached hydrogens (tertiary/aromatic N) is 5. The van der Waals surface area contributed by atoms with E-state index in [4.69, 9.17) is 11.6 Å². The van der Waals surface area contributed by atoms with Crippen LogP contribution in [0.1, 0.15) is 28.8 Å². The maximum absolute atomic E-state index is 14.0. The van der Waals surface area contributed by atoms with Crippen LogP contribution in [0.5, 0.6) is 5.88 Å². The molecule has 1 aliphatic rings. The van der Waals surface area contributed by atoms with Crippen molar-refractivity contribution in [2.75, 3.05) is 0 Å². The van der Waals surface area contributed by atoms with Crippen LogP contribution in [0.3, 0.4) is 0 Å². The number of allylic oxidation sites excluding steroid dienone is 3. The van der Waals surface area contributed by atoms with Crippen LogP contribution in [0.15, 0.2) is 54.6 Å². The first-order valence-corrected chi connectivity index (χ1v) is 11.6. The molecule has 0 spiro atoms. The molecule has 1 aromatic carbocycles. The van der Waals surface area contributed by atoms with E-state index in [0.717, 1.165) is 24.1 Å². The molecule has 1 N–H and O–H groups in total. The van der Waals surface area contributed by atoms with Crippen molar-refractivity contribution < 1.29 is 44.7 Å². The van der Waals surface area contributed by atoms with Crippen LogP contribution in [-0.4, -0.2) is 37.2 Å². The number of hydrogen-bond acceptors (Lipinski definition) is 5. The minimum absolute atomic E-state index is 0.00362. The molecule has 0 saturated heterocycles. The van der Waals surface area contributed by atoms with Gasteiger partial charge >= 0.3 is 12.4 Å². The van der Waals surface area contributed by atoms with Gasteiger partial charge in [-0.2, -0.15) is 41.1 Å². The van der Waals surface area contributed by atoms with Crippen LogP contribution in [0.2, 0.25) is 5.02 Å². The predicted octanol–water partition coefficient (Wildman–Crippen LogP) is 6.34. The topological polar surface area (TPSA) is 97.8 Å². The van der Waals surface area contributed by atoms with Gasteiger partial charge in [-0.25, -0.2) is 13.8 Å². The molecular formula is C24H15ClF8N6O2. The third-order valence-electron chi connectivity index (χ3n) is 5.75. The fourth-order valence-corrected chi connectivity index (χ4v) is 3.78. The predicted molar refractivity (Wildman–Crippen MR) is 126 cm³/mol. The van der Waals surface area contributed by atoms with Crippen molar-refractivity contribution in [3.63, 3.8) is 0 Å². The number of nitrogens with one attached hydrogen (secondary N) is 1. The van der Waals surface area contributed by atoms with Crippen LogP contribution in [0.4, 0.5) is 35.1 Å². The molecule has 2 aromatic heterocycles. The molecule has 216 valence electrons. The van der Waals surface area contributed by atoms with Gasteiger partial charge in [0.05, 0.1) is 22.9 Å². The average Bonchev–Trinajstić information content (AvgIpc) is 3.32. The van der Waals surface area contributed by atoms with Gasteiger partial charge in [-0.3, -0.25) is 4.79 Å². The van der Waals surface area contributed by atoms with E-state index in [9.17, 15) is 45.2 Å². The monoisotopic (exact) mass is 606 g/mol. The lowest BCUT2D eigenvalue weighted by Gasteiger charge is -2.11. The van der Waals surface area contributed by atoms with E-state index in [1.54, 1.807) is 0 Å². The number of carbonyl (C=O) groups is 1. The molecule has 2 heterocycles. The number of hydrogen-bond donors (Lipinski definition) is 1. The Kier molecular flexibility index (Phi) is 7.61. The van der Waals surface area contributed by atoms with Crippen molar-refractivity contribution in [3.05, 3.63) is 70.7 Å². The van der Waals surface area contributed by atoms with E-state index in [1.807, 2.05) is 6.07 Å². The normalized spacial score (nSPS) is 15.4. The number of ether oxygens (including phenoxy) is 1. The summed E-state index contributed by atoms with van der Waals surface area (Å²) >= 11 is 6.14. The molecule has 0 bridgehead atoms. The molecule has 1 amide bonds. The molecule has 1 saturated carbocycles. The standard InChI is InChI=1S/C24H15ClF8N6O2/c1-38-21(18(24(31,32)33)20(37-38)41-17(27)5-4-16(26)23(28,29)30)39-10-13(9-35-39)12-2-3-15(25)14(8-12)19(40)36-22(11-34)6-7-22/h2-5,8-10H,6-7H2,1H3,(H,36,40)/b16-4+,17-5-. The third-order valence-corrected chi connectivity index (χ3v) is 6.08. The van der Waals surface area contributed by atoms with Crippen LogP contribution in [0.25, 0.3) is 16.9 Å². The number of aryl methyl sites for hydroxylation is 1. The Labute approximate surface area is 230 Å². The molecule has 17 heteroatoms. The van der Waals surface area contributed by atoms with Crippen molar-refractivity contribution in [1.82, 2.24) is 24.9 Å². The molecule has 0 radical (unpaired) electrons. The van der Waals surface area contributed by atoms with Crippen LogP contribution in [-0.2, 0) is 13.2 Å². The summed E-state index contributed by atoms with van der Waals surface area (Å²) in [5, 5.41) is 19.2. The molecule has 3 aromatic rings. The number of alkyl halides is 6. The van der Waals surface area contributed by atoms with E-state index < -0.39 is 52.9 Å². The van der Waals surface area contributed by atoms with Gasteiger partial charge in [-0.15, -0.1) is 5.10 Å². The van der Waals surface area contributed by atoms with E-state index in [1.165, 1.54) is 18.2 Å². The number of nitriles is 1. The summed E-state index contributed by atoms with van der Waals surface area (Å²) in [6, 6.07) is 4.19.